The molecule has 34 heavy (non-hydrogen) atoms. The second kappa shape index (κ2) is 10.7. The molecule has 1 aromatic heterocycles. The highest BCUT2D eigenvalue weighted by Gasteiger charge is 2.18. The zero-order chi connectivity index (χ0) is 24.1. The first-order valence-corrected chi connectivity index (χ1v) is 11.9. The number of hydrogen-bond acceptors (Lipinski definition) is 4. The summed E-state index contributed by atoms with van der Waals surface area (Å²) in [6.07, 6.45) is 5.06. The monoisotopic (exact) mass is 460 g/mol. The summed E-state index contributed by atoms with van der Waals surface area (Å²) in [4.78, 5) is 40.6. The molecule has 0 radical (unpaired) electrons. The van der Waals surface area contributed by atoms with Crippen molar-refractivity contribution < 1.29 is 4.79 Å². The molecule has 1 aliphatic heterocycles. The van der Waals surface area contributed by atoms with E-state index in [2.05, 4.69) is 23.7 Å². The first-order valence-electron chi connectivity index (χ1n) is 11.9. The van der Waals surface area contributed by atoms with E-state index in [1.807, 2.05) is 36.4 Å². The van der Waals surface area contributed by atoms with Crippen LogP contribution >= 0.6 is 0 Å². The van der Waals surface area contributed by atoms with Gasteiger partial charge in [0, 0.05) is 24.7 Å². The Morgan fingerprint density at radius 3 is 2.26 bits per heavy atom. The van der Waals surface area contributed by atoms with E-state index in [1.54, 1.807) is 18.2 Å². The van der Waals surface area contributed by atoms with Gasteiger partial charge in [0.2, 0.25) is 0 Å². The van der Waals surface area contributed by atoms with Crippen molar-refractivity contribution in [2.75, 3.05) is 19.6 Å². The molecule has 1 fully saturated rings. The van der Waals surface area contributed by atoms with Crippen LogP contribution in [-0.4, -0.2) is 45.6 Å². The van der Waals surface area contributed by atoms with Gasteiger partial charge < -0.3 is 10.2 Å². The van der Waals surface area contributed by atoms with Gasteiger partial charge in [0.25, 0.3) is 5.91 Å². The summed E-state index contributed by atoms with van der Waals surface area (Å²) in [5.41, 5.74) is 1.64. The molecule has 1 unspecified atom stereocenters. The zero-order valence-corrected chi connectivity index (χ0v) is 19.7. The van der Waals surface area contributed by atoms with Crippen LogP contribution in [0, 0.1) is 0 Å². The van der Waals surface area contributed by atoms with Crippen molar-refractivity contribution in [2.45, 2.75) is 45.3 Å². The van der Waals surface area contributed by atoms with E-state index >= 15 is 0 Å². The first kappa shape index (κ1) is 23.7. The quantitative estimate of drug-likeness (QED) is 0.393. The summed E-state index contributed by atoms with van der Waals surface area (Å²) in [7, 11) is 0. The maximum absolute atomic E-state index is 12.9. The minimum atomic E-state index is -0.575. The van der Waals surface area contributed by atoms with E-state index in [9.17, 15) is 14.4 Å². The Bertz CT molecular complexity index is 1280. The van der Waals surface area contributed by atoms with Gasteiger partial charge in [-0.15, -0.1) is 6.58 Å². The number of aromatic nitrogens is 2. The lowest BCUT2D eigenvalue weighted by molar-refractivity contribution is 0.0949. The summed E-state index contributed by atoms with van der Waals surface area (Å²) < 4.78 is 2.94. The van der Waals surface area contributed by atoms with Crippen molar-refractivity contribution in [3.05, 3.63) is 93.0 Å². The Labute approximate surface area is 199 Å². The number of amides is 1. The first-order chi connectivity index (χ1) is 16.5. The summed E-state index contributed by atoms with van der Waals surface area (Å²) >= 11 is 0. The van der Waals surface area contributed by atoms with Crippen LogP contribution in [0.4, 0.5) is 0 Å². The molecule has 2 heterocycles. The Balaban J connectivity index is 1.46. The van der Waals surface area contributed by atoms with E-state index in [4.69, 9.17) is 0 Å². The van der Waals surface area contributed by atoms with Gasteiger partial charge in [0.15, 0.2) is 0 Å². The second-order valence-corrected chi connectivity index (χ2v) is 8.92. The molecule has 1 amide bonds. The number of allylic oxidation sites excluding steroid dienone is 1. The highest BCUT2D eigenvalue weighted by Crippen LogP contribution is 2.15. The Hall–Kier alpha value is -3.45. The van der Waals surface area contributed by atoms with Crippen LogP contribution in [0.3, 0.4) is 0 Å². The lowest BCUT2D eigenvalue weighted by Crippen LogP contribution is -2.41. The highest BCUT2D eigenvalue weighted by atomic mass is 16.2. The number of hydrogen-bond donors (Lipinski definition) is 1. The van der Waals surface area contributed by atoms with Gasteiger partial charge in [-0.2, -0.15) is 0 Å². The molecule has 0 bridgehead atoms. The SMILES string of the molecule is C=CCn1c(=O)c(=O)n(Cc2ccc(C(=O)NCCC(C)N3CCCC3)cc2)c2ccccc21. The molecule has 0 saturated carbocycles. The van der Waals surface area contributed by atoms with Gasteiger partial charge in [-0.25, -0.2) is 0 Å². The number of benzene rings is 2. The molecule has 4 rings (SSSR count). The molecule has 0 spiro atoms. The number of carbonyl (C=O) groups is 1. The Morgan fingerprint density at radius 2 is 1.62 bits per heavy atom. The largest absolute Gasteiger partial charge is 0.352 e. The molecule has 1 aliphatic rings. The molecule has 1 atom stereocenters. The number of rotatable bonds is 9. The number of carbonyl (C=O) groups excluding carboxylic acids is 1. The fourth-order valence-electron chi connectivity index (χ4n) is 4.64. The minimum absolute atomic E-state index is 0.102. The van der Waals surface area contributed by atoms with Crippen molar-refractivity contribution in [2.24, 2.45) is 0 Å². The Kier molecular flexibility index (Phi) is 7.43. The third-order valence-corrected chi connectivity index (χ3v) is 6.62. The molecular weight excluding hydrogens is 428 g/mol. The van der Waals surface area contributed by atoms with Gasteiger partial charge >= 0.3 is 11.1 Å². The van der Waals surface area contributed by atoms with E-state index in [0.717, 1.165) is 25.1 Å². The predicted octanol–water partition coefficient (Wildman–Crippen LogP) is 3.00. The van der Waals surface area contributed by atoms with Crippen LogP contribution in [0.1, 0.15) is 42.1 Å². The third-order valence-electron chi connectivity index (χ3n) is 6.62. The van der Waals surface area contributed by atoms with E-state index in [-0.39, 0.29) is 19.0 Å². The molecule has 2 aromatic carbocycles. The van der Waals surface area contributed by atoms with Crippen LogP contribution in [0.15, 0.2) is 70.8 Å². The number of para-hydroxylation sites is 2. The lowest BCUT2D eigenvalue weighted by Gasteiger charge is -2.23. The van der Waals surface area contributed by atoms with Gasteiger partial charge in [-0.05, 0) is 69.1 Å². The summed E-state index contributed by atoms with van der Waals surface area (Å²) in [6, 6.07) is 15.0. The number of fused-ring (bicyclic) bond motifs is 1. The maximum Gasteiger partial charge on any atom is 0.317 e. The van der Waals surface area contributed by atoms with Crippen LogP contribution in [0.5, 0.6) is 0 Å². The Morgan fingerprint density at radius 1 is 1.00 bits per heavy atom. The van der Waals surface area contributed by atoms with Crippen molar-refractivity contribution in [3.63, 3.8) is 0 Å². The average Bonchev–Trinajstić information content (AvgIpc) is 3.40. The molecular formula is C27H32N4O3. The maximum atomic E-state index is 12.9. The third kappa shape index (κ3) is 5.04. The van der Waals surface area contributed by atoms with Gasteiger partial charge in [0.05, 0.1) is 17.6 Å². The number of nitrogens with one attached hydrogen (secondary N) is 1. The van der Waals surface area contributed by atoms with E-state index in [1.165, 1.54) is 22.0 Å². The fourth-order valence-corrected chi connectivity index (χ4v) is 4.64. The highest BCUT2D eigenvalue weighted by molar-refractivity contribution is 5.94. The molecule has 178 valence electrons. The zero-order valence-electron chi connectivity index (χ0n) is 19.7. The normalized spacial score (nSPS) is 14.9. The average molecular weight is 461 g/mol. The molecule has 7 nitrogen and oxygen atoms in total. The van der Waals surface area contributed by atoms with E-state index < -0.39 is 11.1 Å². The number of nitrogens with zero attached hydrogens (tertiary/aromatic N) is 3. The van der Waals surface area contributed by atoms with Crippen LogP contribution in [-0.2, 0) is 13.1 Å². The van der Waals surface area contributed by atoms with Crippen LogP contribution < -0.4 is 16.4 Å². The molecule has 1 saturated heterocycles. The van der Waals surface area contributed by atoms with Crippen molar-refractivity contribution in [3.8, 4) is 0 Å². The predicted molar refractivity (Wildman–Crippen MR) is 135 cm³/mol. The molecule has 1 N–H and O–H groups in total. The van der Waals surface area contributed by atoms with Crippen molar-refractivity contribution in [1.82, 2.24) is 19.4 Å². The molecule has 3 aromatic rings. The summed E-state index contributed by atoms with van der Waals surface area (Å²) in [5, 5.41) is 3.01. The summed E-state index contributed by atoms with van der Waals surface area (Å²) in [6.45, 7) is 9.37. The van der Waals surface area contributed by atoms with Crippen molar-refractivity contribution >= 4 is 16.9 Å². The second-order valence-electron chi connectivity index (χ2n) is 8.92. The smallest absolute Gasteiger partial charge is 0.317 e. The van der Waals surface area contributed by atoms with Crippen molar-refractivity contribution in [1.29, 1.82) is 0 Å². The van der Waals surface area contributed by atoms with Crippen LogP contribution in [0.2, 0.25) is 0 Å². The molecule has 0 aliphatic carbocycles. The van der Waals surface area contributed by atoms with Gasteiger partial charge in [0.1, 0.15) is 0 Å². The minimum Gasteiger partial charge on any atom is -0.352 e. The topological polar surface area (TPSA) is 76.3 Å². The lowest BCUT2D eigenvalue weighted by atomic mass is 10.1. The summed E-state index contributed by atoms with van der Waals surface area (Å²) in [5.74, 6) is -0.102. The van der Waals surface area contributed by atoms with E-state index in [0.29, 0.717) is 29.2 Å². The van der Waals surface area contributed by atoms with Gasteiger partial charge in [-0.1, -0.05) is 30.3 Å². The van der Waals surface area contributed by atoms with Gasteiger partial charge in [-0.3, -0.25) is 23.5 Å². The van der Waals surface area contributed by atoms with Crippen LogP contribution in [0.25, 0.3) is 11.0 Å². The standard InChI is InChI=1S/C27H32N4O3/c1-3-16-30-23-8-4-5-9-24(23)31(27(34)26(30)33)19-21-10-12-22(13-11-21)25(32)28-15-14-20(2)29-17-6-7-18-29/h3-5,8-13,20H,1,6-7,14-19H2,2H3,(H,28,32). The number of likely N-dealkylation sites (tertiary alicyclic amines) is 1. The molecule has 7 heteroatoms. The fraction of sp³-hybridized carbons (Fsp3) is 0.370.